The number of nitrogens with one attached hydrogen (secondary N) is 1. The third-order valence-electron chi connectivity index (χ3n) is 2.51. The van der Waals surface area contributed by atoms with Crippen LogP contribution < -0.4 is 5.32 Å². The van der Waals surface area contributed by atoms with Gasteiger partial charge in [-0.3, -0.25) is 0 Å². The molecule has 2 rings (SSSR count). The van der Waals surface area contributed by atoms with Crippen molar-refractivity contribution >= 4 is 17.8 Å². The van der Waals surface area contributed by atoms with Gasteiger partial charge >= 0.3 is 0 Å². The fourth-order valence-corrected chi connectivity index (χ4v) is 2.08. The van der Waals surface area contributed by atoms with Gasteiger partial charge in [0.2, 0.25) is 0 Å². The molecule has 0 spiro atoms. The summed E-state index contributed by atoms with van der Waals surface area (Å²) in [7, 11) is 0. The molecule has 0 saturated heterocycles. The molecule has 0 saturated carbocycles. The average Bonchev–Trinajstić information content (AvgIpc) is 2.67. The lowest BCUT2D eigenvalue weighted by atomic mass is 10.1. The normalized spacial score (nSPS) is 14.2. The molecule has 1 aliphatic carbocycles. The molecule has 2 nitrogen and oxygen atoms in total. The van der Waals surface area contributed by atoms with Gasteiger partial charge in [0.05, 0.1) is 6.54 Å². The second-order valence-electron chi connectivity index (χ2n) is 3.70. The number of hydrogen-bond acceptors (Lipinski definition) is 3. The molecule has 1 aromatic heterocycles. The molecule has 0 aliphatic heterocycles. The largest absolute Gasteiger partial charge is 0.464 e. The Morgan fingerprint density at radius 1 is 1.53 bits per heavy atom. The maximum atomic E-state index is 5.77. The molecule has 0 radical (unpaired) electrons. The van der Waals surface area contributed by atoms with Gasteiger partial charge in [0.25, 0.3) is 0 Å². The second kappa shape index (κ2) is 5.42. The second-order valence-corrected chi connectivity index (χ2v) is 4.69. The average molecular weight is 223 g/mol. The third-order valence-corrected chi connectivity index (χ3v) is 3.12. The van der Waals surface area contributed by atoms with E-state index in [0.717, 1.165) is 43.2 Å². The van der Waals surface area contributed by atoms with Gasteiger partial charge in [0.15, 0.2) is 0 Å². The quantitative estimate of drug-likeness (QED) is 0.777. The van der Waals surface area contributed by atoms with E-state index in [2.05, 4.69) is 29.8 Å². The van der Waals surface area contributed by atoms with Gasteiger partial charge in [-0.05, 0) is 18.7 Å². The first kappa shape index (κ1) is 10.8. The predicted octanol–water partition coefficient (Wildman–Crippen LogP) is 2.69. The molecule has 0 amide bonds. The molecular weight excluding hydrogens is 206 g/mol. The van der Waals surface area contributed by atoms with Crippen molar-refractivity contribution in [1.82, 2.24) is 5.32 Å². The lowest BCUT2D eigenvalue weighted by Crippen LogP contribution is -2.15. The van der Waals surface area contributed by atoms with E-state index in [-0.39, 0.29) is 0 Å². The zero-order valence-corrected chi connectivity index (χ0v) is 9.90. The summed E-state index contributed by atoms with van der Waals surface area (Å²) in [6, 6.07) is 2.15. The zero-order chi connectivity index (χ0) is 10.5. The molecule has 1 aromatic rings. The van der Waals surface area contributed by atoms with Gasteiger partial charge in [-0.15, -0.1) is 0 Å². The van der Waals surface area contributed by atoms with Gasteiger partial charge in [-0.25, -0.2) is 0 Å². The minimum absolute atomic E-state index is 0.849. The highest BCUT2D eigenvalue weighted by Crippen LogP contribution is 2.22. The fourth-order valence-electron chi connectivity index (χ4n) is 1.73. The number of thioether (sulfide) groups is 1. The van der Waals surface area contributed by atoms with Crippen molar-refractivity contribution in [2.75, 3.05) is 18.6 Å². The summed E-state index contributed by atoms with van der Waals surface area (Å²) in [4.78, 5) is 0. The maximum absolute atomic E-state index is 5.77. The fraction of sp³-hybridized carbons (Fsp3) is 0.500. The van der Waals surface area contributed by atoms with Crippen molar-refractivity contribution < 1.29 is 4.42 Å². The van der Waals surface area contributed by atoms with E-state index in [1.54, 1.807) is 0 Å². The summed E-state index contributed by atoms with van der Waals surface area (Å²) in [6.45, 7) is 1.89. The molecule has 3 heteroatoms. The SMILES string of the molecule is CSCCNCc1cc2c(o1)CCC=C2. The Kier molecular flexibility index (Phi) is 3.92. The Bertz CT molecular complexity index is 343. The Balaban J connectivity index is 1.87. The van der Waals surface area contributed by atoms with Crippen LogP contribution in [0.25, 0.3) is 6.08 Å². The van der Waals surface area contributed by atoms with Crippen LogP contribution in [-0.2, 0) is 13.0 Å². The first-order valence-corrected chi connectivity index (χ1v) is 6.77. The Hall–Kier alpha value is -0.670. The van der Waals surface area contributed by atoms with E-state index in [1.807, 2.05) is 11.8 Å². The highest BCUT2D eigenvalue weighted by Gasteiger charge is 2.10. The molecule has 82 valence electrons. The predicted molar refractivity (Wildman–Crippen MR) is 66.2 cm³/mol. The molecule has 1 aliphatic rings. The highest BCUT2D eigenvalue weighted by molar-refractivity contribution is 7.98. The van der Waals surface area contributed by atoms with Crippen LogP contribution in [0.5, 0.6) is 0 Å². The van der Waals surface area contributed by atoms with E-state index >= 15 is 0 Å². The number of furan rings is 1. The first-order valence-electron chi connectivity index (χ1n) is 5.38. The van der Waals surface area contributed by atoms with Crippen molar-refractivity contribution in [1.29, 1.82) is 0 Å². The highest BCUT2D eigenvalue weighted by atomic mass is 32.2. The Labute approximate surface area is 95.1 Å². The van der Waals surface area contributed by atoms with Gasteiger partial charge < -0.3 is 9.73 Å². The van der Waals surface area contributed by atoms with E-state index in [4.69, 9.17) is 4.42 Å². The molecule has 0 unspecified atom stereocenters. The molecule has 0 bridgehead atoms. The first-order chi connectivity index (χ1) is 7.40. The third kappa shape index (κ3) is 2.89. The molecule has 0 aromatic carbocycles. The number of hydrogen-bond donors (Lipinski definition) is 1. The van der Waals surface area contributed by atoms with Crippen LogP contribution in [-0.4, -0.2) is 18.6 Å². The van der Waals surface area contributed by atoms with Crippen LogP contribution in [0.3, 0.4) is 0 Å². The number of allylic oxidation sites excluding steroid dienone is 1. The van der Waals surface area contributed by atoms with Crippen LogP contribution in [0, 0.1) is 0 Å². The van der Waals surface area contributed by atoms with Gasteiger partial charge in [-0.2, -0.15) is 11.8 Å². The van der Waals surface area contributed by atoms with Crippen LogP contribution >= 0.6 is 11.8 Å². The zero-order valence-electron chi connectivity index (χ0n) is 9.08. The Morgan fingerprint density at radius 2 is 2.47 bits per heavy atom. The Morgan fingerprint density at radius 3 is 3.27 bits per heavy atom. The summed E-state index contributed by atoms with van der Waals surface area (Å²) in [5, 5.41) is 3.37. The minimum atomic E-state index is 0.849. The smallest absolute Gasteiger partial charge is 0.118 e. The summed E-state index contributed by atoms with van der Waals surface area (Å²) < 4.78 is 5.77. The van der Waals surface area contributed by atoms with Crippen molar-refractivity contribution in [2.24, 2.45) is 0 Å². The minimum Gasteiger partial charge on any atom is -0.464 e. The molecule has 15 heavy (non-hydrogen) atoms. The number of rotatable bonds is 5. The van der Waals surface area contributed by atoms with E-state index < -0.39 is 0 Å². The summed E-state index contributed by atoms with van der Waals surface area (Å²) >= 11 is 1.86. The molecule has 0 fully saturated rings. The van der Waals surface area contributed by atoms with Crippen LogP contribution in [0.1, 0.15) is 23.5 Å². The standard InChI is InChI=1S/C12H17NOS/c1-15-7-6-13-9-11-8-10-4-2-3-5-12(10)14-11/h2,4,8,13H,3,5-7,9H2,1H3. The lowest BCUT2D eigenvalue weighted by Gasteiger charge is -2.01. The summed E-state index contributed by atoms with van der Waals surface area (Å²) in [5.74, 6) is 3.37. The van der Waals surface area contributed by atoms with Crippen molar-refractivity contribution in [2.45, 2.75) is 19.4 Å². The van der Waals surface area contributed by atoms with Crippen molar-refractivity contribution in [3.05, 3.63) is 29.2 Å². The van der Waals surface area contributed by atoms with Crippen LogP contribution in [0.4, 0.5) is 0 Å². The summed E-state index contributed by atoms with van der Waals surface area (Å²) in [5.41, 5.74) is 1.27. The van der Waals surface area contributed by atoms with E-state index in [1.165, 1.54) is 5.56 Å². The van der Waals surface area contributed by atoms with E-state index in [0.29, 0.717) is 0 Å². The van der Waals surface area contributed by atoms with Gasteiger partial charge in [-0.1, -0.05) is 12.2 Å². The van der Waals surface area contributed by atoms with Crippen molar-refractivity contribution in [3.63, 3.8) is 0 Å². The molecular formula is C12H17NOS. The summed E-state index contributed by atoms with van der Waals surface area (Å²) in [6.07, 6.45) is 8.66. The van der Waals surface area contributed by atoms with Crippen molar-refractivity contribution in [3.8, 4) is 0 Å². The monoisotopic (exact) mass is 223 g/mol. The topological polar surface area (TPSA) is 25.2 Å². The van der Waals surface area contributed by atoms with Gasteiger partial charge in [0, 0.05) is 24.3 Å². The lowest BCUT2D eigenvalue weighted by molar-refractivity contribution is 0.449. The van der Waals surface area contributed by atoms with Crippen LogP contribution in [0.15, 0.2) is 16.6 Å². The number of fused-ring (bicyclic) bond motifs is 1. The molecule has 1 N–H and O–H groups in total. The van der Waals surface area contributed by atoms with Crippen LogP contribution in [0.2, 0.25) is 0 Å². The molecule has 1 heterocycles. The maximum Gasteiger partial charge on any atom is 0.118 e. The van der Waals surface area contributed by atoms with E-state index in [9.17, 15) is 0 Å². The van der Waals surface area contributed by atoms with Gasteiger partial charge in [0.1, 0.15) is 11.5 Å². The molecule has 0 atom stereocenters. The number of aryl methyl sites for hydroxylation is 1.